The zero-order valence-corrected chi connectivity index (χ0v) is 20.4. The van der Waals surface area contributed by atoms with Crippen molar-refractivity contribution in [1.29, 1.82) is 0 Å². The number of pyridine rings is 1. The first kappa shape index (κ1) is 26.4. The van der Waals surface area contributed by atoms with Gasteiger partial charge in [-0.15, -0.1) is 0 Å². The first-order valence-electron chi connectivity index (χ1n) is 11.4. The largest absolute Gasteiger partial charge is 0.501 e. The van der Waals surface area contributed by atoms with E-state index in [0.717, 1.165) is 23.5 Å². The van der Waals surface area contributed by atoms with E-state index >= 15 is 0 Å². The van der Waals surface area contributed by atoms with Crippen LogP contribution in [0.1, 0.15) is 38.2 Å². The van der Waals surface area contributed by atoms with Crippen LogP contribution in [0.15, 0.2) is 47.5 Å². The average molecular weight is 541 g/mol. The second kappa shape index (κ2) is 9.65. The second-order valence-electron chi connectivity index (χ2n) is 8.65. The summed E-state index contributed by atoms with van der Waals surface area (Å²) in [7, 11) is -5.57. The van der Waals surface area contributed by atoms with E-state index < -0.39 is 43.8 Å². The summed E-state index contributed by atoms with van der Waals surface area (Å²) in [6, 6.07) is 5.86. The number of aromatic nitrogens is 1. The van der Waals surface area contributed by atoms with Crippen molar-refractivity contribution in [3.05, 3.63) is 48.2 Å². The molecule has 10 nitrogen and oxygen atoms in total. The number of anilines is 2. The van der Waals surface area contributed by atoms with Gasteiger partial charge in [-0.2, -0.15) is 13.2 Å². The number of benzene rings is 1. The minimum absolute atomic E-state index is 0.00366. The van der Waals surface area contributed by atoms with Crippen molar-refractivity contribution in [2.24, 2.45) is 0 Å². The molecule has 2 aliphatic rings. The number of carbonyl (C=O) groups is 3. The molecule has 198 valence electrons. The lowest BCUT2D eigenvalue weighted by atomic mass is 10.2. The third kappa shape index (κ3) is 4.97. The van der Waals surface area contributed by atoms with E-state index in [4.69, 9.17) is 4.74 Å². The number of nitrogens with one attached hydrogen (secondary N) is 1. The van der Waals surface area contributed by atoms with E-state index in [1.54, 1.807) is 6.07 Å². The highest BCUT2D eigenvalue weighted by Gasteiger charge is 2.65. The zero-order chi connectivity index (χ0) is 27.0. The van der Waals surface area contributed by atoms with E-state index in [9.17, 15) is 36.0 Å². The van der Waals surface area contributed by atoms with Crippen molar-refractivity contribution >= 4 is 39.4 Å². The molecule has 0 bridgehead atoms. The van der Waals surface area contributed by atoms with Gasteiger partial charge in [0.25, 0.3) is 15.7 Å². The first-order chi connectivity index (χ1) is 17.4. The molecular weight excluding hydrogens is 517 g/mol. The number of hydrogen-bond donors (Lipinski definition) is 1. The summed E-state index contributed by atoms with van der Waals surface area (Å²) in [6.07, 6.45) is 3.12. The van der Waals surface area contributed by atoms with Crippen LogP contribution in [-0.4, -0.2) is 54.0 Å². The number of carbonyl (C=O) groups excluding carboxylic acids is 3. The number of urea groups is 1. The zero-order valence-electron chi connectivity index (χ0n) is 19.6. The number of halogens is 3. The minimum atomic E-state index is -5.57. The molecule has 1 spiro atoms. The highest BCUT2D eigenvalue weighted by Crippen LogP contribution is 2.49. The lowest BCUT2D eigenvalue weighted by Gasteiger charge is -2.21. The fourth-order valence-corrected chi connectivity index (χ4v) is 4.71. The van der Waals surface area contributed by atoms with Crippen LogP contribution >= 0.6 is 0 Å². The van der Waals surface area contributed by atoms with Crippen molar-refractivity contribution in [3.63, 3.8) is 0 Å². The van der Waals surface area contributed by atoms with Crippen LogP contribution in [0.2, 0.25) is 0 Å². The molecule has 4 rings (SSSR count). The van der Waals surface area contributed by atoms with E-state index in [1.807, 2.05) is 6.92 Å². The Kier molecular flexibility index (Phi) is 6.88. The number of rotatable bonds is 8. The predicted octanol–water partition coefficient (Wildman–Crippen LogP) is 4.23. The Morgan fingerprint density at radius 3 is 2.43 bits per heavy atom. The smallest absolute Gasteiger partial charge is 0.449 e. The van der Waals surface area contributed by atoms with Crippen LogP contribution in [0.3, 0.4) is 0 Å². The molecule has 1 aliphatic carbocycles. The fraction of sp³-hybridized carbons (Fsp3) is 0.391. The van der Waals surface area contributed by atoms with Crippen LogP contribution in [0, 0.1) is 0 Å². The van der Waals surface area contributed by atoms with Crippen LogP contribution in [-0.2, 0) is 25.9 Å². The molecule has 1 aromatic carbocycles. The van der Waals surface area contributed by atoms with E-state index in [0.29, 0.717) is 37.0 Å². The molecule has 0 atom stereocenters. The van der Waals surface area contributed by atoms with Crippen molar-refractivity contribution in [2.45, 2.75) is 55.1 Å². The molecule has 4 amide bonds. The Morgan fingerprint density at radius 1 is 1.16 bits per heavy atom. The molecule has 2 fully saturated rings. The van der Waals surface area contributed by atoms with Crippen LogP contribution in [0.5, 0.6) is 0 Å². The molecule has 37 heavy (non-hydrogen) atoms. The number of nitrogens with zero attached hydrogens (tertiary/aromatic N) is 3. The van der Waals surface area contributed by atoms with E-state index in [2.05, 4.69) is 10.3 Å². The topological polar surface area (TPSA) is 126 Å². The summed E-state index contributed by atoms with van der Waals surface area (Å²) in [5.41, 5.74) is -6.05. The van der Waals surface area contributed by atoms with Gasteiger partial charge in [0.15, 0.2) is 0 Å². The first-order valence-corrected chi connectivity index (χ1v) is 12.9. The normalized spacial score (nSPS) is 16.9. The van der Waals surface area contributed by atoms with Gasteiger partial charge in [0, 0.05) is 12.7 Å². The third-order valence-electron chi connectivity index (χ3n) is 6.10. The van der Waals surface area contributed by atoms with Gasteiger partial charge < -0.3 is 9.64 Å². The summed E-state index contributed by atoms with van der Waals surface area (Å²) in [6.45, 7) is 2.22. The maximum absolute atomic E-state index is 13.3. The van der Waals surface area contributed by atoms with Crippen molar-refractivity contribution < 1.29 is 40.7 Å². The summed E-state index contributed by atoms with van der Waals surface area (Å²) in [5.74, 6) is -0.351. The molecule has 2 aromatic rings. The van der Waals surface area contributed by atoms with Gasteiger partial charge in [0.2, 0.25) is 0 Å². The number of amides is 4. The van der Waals surface area contributed by atoms with Gasteiger partial charge in [-0.3, -0.25) is 10.1 Å². The molecular formula is C23H23F3N4O6S. The van der Waals surface area contributed by atoms with Crippen molar-refractivity contribution in [3.8, 4) is 0 Å². The van der Waals surface area contributed by atoms with Crippen LogP contribution in [0.25, 0.3) is 0 Å². The van der Waals surface area contributed by atoms with Gasteiger partial charge in [0.1, 0.15) is 11.4 Å². The van der Waals surface area contributed by atoms with E-state index in [1.165, 1.54) is 17.2 Å². The van der Waals surface area contributed by atoms with Crippen molar-refractivity contribution in [1.82, 2.24) is 9.88 Å². The summed E-state index contributed by atoms with van der Waals surface area (Å²) < 4.78 is 66.8. The van der Waals surface area contributed by atoms with E-state index in [-0.39, 0.29) is 24.7 Å². The molecule has 1 aromatic heterocycles. The molecule has 0 unspecified atom stereocenters. The highest BCUT2D eigenvalue weighted by molar-refractivity contribution is 7.92. The lowest BCUT2D eigenvalue weighted by Crippen LogP contribution is -2.36. The summed E-state index contributed by atoms with van der Waals surface area (Å²) >= 11 is 0. The van der Waals surface area contributed by atoms with Crippen LogP contribution < -0.4 is 10.2 Å². The SMILES string of the molecule is CCCCOC(=O)Nc1cc(CN2C(=O)N(c3ccc(S(=O)(=O)C(F)(F)F)cc3)C(=O)C23CC3)ccn1. The number of alkyl halides is 3. The molecule has 1 saturated carbocycles. The Hall–Kier alpha value is -3.68. The Labute approximate surface area is 210 Å². The highest BCUT2D eigenvalue weighted by atomic mass is 32.2. The quantitative estimate of drug-likeness (QED) is 0.392. The number of sulfone groups is 1. The standard InChI is InChI=1S/C23H23F3N4O6S/c1-2-3-12-36-20(32)28-18-13-15(8-11-27-18)14-29-21(33)30(19(31)22(29)9-10-22)16-4-6-17(7-5-16)37(34,35)23(24,25)26/h4-8,11,13H,2-3,9-10,12,14H2,1H3,(H,27,28,32). The molecule has 1 aliphatic heterocycles. The fourth-order valence-electron chi connectivity index (χ4n) is 3.94. The maximum Gasteiger partial charge on any atom is 0.501 e. The number of ether oxygens (including phenoxy) is 1. The number of imide groups is 1. The maximum atomic E-state index is 13.3. The Bertz CT molecular complexity index is 1330. The molecule has 0 radical (unpaired) electrons. The third-order valence-corrected chi connectivity index (χ3v) is 7.60. The monoisotopic (exact) mass is 540 g/mol. The molecule has 14 heteroatoms. The van der Waals surface area contributed by atoms with Crippen molar-refractivity contribution in [2.75, 3.05) is 16.8 Å². The van der Waals surface area contributed by atoms with Gasteiger partial charge in [-0.05, 0) is 61.2 Å². The van der Waals surface area contributed by atoms with Gasteiger partial charge in [-0.1, -0.05) is 13.3 Å². The number of hydrogen-bond acceptors (Lipinski definition) is 7. The molecule has 1 N–H and O–H groups in total. The Morgan fingerprint density at radius 2 is 1.84 bits per heavy atom. The lowest BCUT2D eigenvalue weighted by molar-refractivity contribution is -0.120. The predicted molar refractivity (Wildman–Crippen MR) is 124 cm³/mol. The van der Waals surface area contributed by atoms with Crippen LogP contribution in [0.4, 0.5) is 34.3 Å². The minimum Gasteiger partial charge on any atom is -0.449 e. The van der Waals surface area contributed by atoms with Gasteiger partial charge >= 0.3 is 17.6 Å². The number of unbranched alkanes of at least 4 members (excludes halogenated alkanes) is 1. The second-order valence-corrected chi connectivity index (χ2v) is 10.6. The van der Waals surface area contributed by atoms with Gasteiger partial charge in [-0.25, -0.2) is 27.9 Å². The van der Waals surface area contributed by atoms with Gasteiger partial charge in [0.05, 0.1) is 17.2 Å². The molecule has 2 heterocycles. The Balaban J connectivity index is 1.52. The average Bonchev–Trinajstić information content (AvgIpc) is 3.61. The summed E-state index contributed by atoms with van der Waals surface area (Å²) in [4.78, 5) is 43.6. The molecule has 1 saturated heterocycles. The summed E-state index contributed by atoms with van der Waals surface area (Å²) in [5, 5.41) is 2.50.